The summed E-state index contributed by atoms with van der Waals surface area (Å²) in [7, 11) is 0. The summed E-state index contributed by atoms with van der Waals surface area (Å²) >= 11 is 6.06. The van der Waals surface area contributed by atoms with E-state index in [0.29, 0.717) is 22.0 Å². The zero-order valence-corrected chi connectivity index (χ0v) is 16.3. The molecule has 0 atom stereocenters. The molecule has 6 nitrogen and oxygen atoms in total. The lowest BCUT2D eigenvalue weighted by molar-refractivity contribution is -0.182. The average molecular weight is 440 g/mol. The number of rotatable bonds is 8. The van der Waals surface area contributed by atoms with E-state index in [9.17, 15) is 18.0 Å². The number of hydrogen-bond acceptors (Lipinski definition) is 4. The van der Waals surface area contributed by atoms with E-state index in [-0.39, 0.29) is 13.3 Å². The summed E-state index contributed by atoms with van der Waals surface area (Å²) in [5.74, 6) is 0.138. The fourth-order valence-electron chi connectivity index (χ4n) is 2.48. The maximum absolute atomic E-state index is 12.5. The van der Waals surface area contributed by atoms with Crippen molar-refractivity contribution in [1.82, 2.24) is 9.78 Å². The van der Waals surface area contributed by atoms with Crippen molar-refractivity contribution in [3.05, 3.63) is 77.1 Å². The second-order valence-electron chi connectivity index (χ2n) is 6.23. The van der Waals surface area contributed by atoms with Crippen molar-refractivity contribution >= 4 is 23.2 Å². The molecule has 3 aromatic rings. The molecule has 0 fully saturated rings. The van der Waals surface area contributed by atoms with E-state index in [4.69, 9.17) is 16.3 Å². The van der Waals surface area contributed by atoms with Crippen molar-refractivity contribution in [3.63, 3.8) is 0 Å². The van der Waals surface area contributed by atoms with Gasteiger partial charge in [0.05, 0.1) is 23.1 Å². The van der Waals surface area contributed by atoms with Crippen LogP contribution >= 0.6 is 11.6 Å². The summed E-state index contributed by atoms with van der Waals surface area (Å²) in [6.45, 7) is -1.54. The Morgan fingerprint density at radius 2 is 1.97 bits per heavy atom. The number of ether oxygens (including phenoxy) is 2. The first-order valence-corrected chi connectivity index (χ1v) is 9.12. The van der Waals surface area contributed by atoms with E-state index < -0.39 is 18.7 Å². The first-order chi connectivity index (χ1) is 14.3. The lowest BCUT2D eigenvalue weighted by atomic mass is 10.1. The normalized spacial score (nSPS) is 11.3. The maximum atomic E-state index is 12.5. The molecule has 0 aliphatic rings. The number of carbonyl (C=O) groups is 1. The number of nitrogens with zero attached hydrogens (tertiary/aromatic N) is 2. The van der Waals surface area contributed by atoms with Gasteiger partial charge in [-0.05, 0) is 29.8 Å². The minimum atomic E-state index is -4.41. The van der Waals surface area contributed by atoms with Gasteiger partial charge in [-0.15, -0.1) is 0 Å². The number of aromatic nitrogens is 2. The molecule has 0 saturated carbocycles. The molecule has 1 N–H and O–H groups in total. The van der Waals surface area contributed by atoms with E-state index in [2.05, 4.69) is 15.2 Å². The lowest BCUT2D eigenvalue weighted by Crippen LogP contribution is -2.18. The van der Waals surface area contributed by atoms with Crippen LogP contribution in [0.15, 0.2) is 60.9 Å². The predicted molar refractivity (Wildman–Crippen MR) is 104 cm³/mol. The van der Waals surface area contributed by atoms with Gasteiger partial charge < -0.3 is 14.8 Å². The highest BCUT2D eigenvalue weighted by molar-refractivity contribution is 6.32. The molecule has 1 amide bonds. The Labute approximate surface area is 175 Å². The molecule has 0 radical (unpaired) electrons. The van der Waals surface area contributed by atoms with Crippen LogP contribution in [0.2, 0.25) is 5.02 Å². The third-order valence-corrected chi connectivity index (χ3v) is 4.11. The first kappa shape index (κ1) is 21.7. The zero-order chi connectivity index (χ0) is 21.6. The number of hydrogen-bond donors (Lipinski definition) is 1. The molecular weight excluding hydrogens is 423 g/mol. The Morgan fingerprint density at radius 1 is 1.17 bits per heavy atom. The Bertz CT molecular complexity index is 1010. The summed E-state index contributed by atoms with van der Waals surface area (Å²) in [6.07, 6.45) is -1.72. The highest BCUT2D eigenvalue weighted by Crippen LogP contribution is 2.24. The molecule has 30 heavy (non-hydrogen) atoms. The third kappa shape index (κ3) is 6.50. The Kier molecular flexibility index (Phi) is 6.96. The number of nitrogens with one attached hydrogen (secondary N) is 1. The van der Waals surface area contributed by atoms with Crippen LogP contribution in [0.3, 0.4) is 0 Å². The van der Waals surface area contributed by atoms with E-state index >= 15 is 0 Å². The van der Waals surface area contributed by atoms with Crippen LogP contribution in [-0.4, -0.2) is 28.5 Å². The summed E-state index contributed by atoms with van der Waals surface area (Å²) in [4.78, 5) is 12.5. The van der Waals surface area contributed by atoms with Gasteiger partial charge in [-0.3, -0.25) is 4.79 Å². The Balaban J connectivity index is 1.56. The van der Waals surface area contributed by atoms with Gasteiger partial charge in [0.25, 0.3) is 5.91 Å². The molecule has 0 aliphatic carbocycles. The van der Waals surface area contributed by atoms with Gasteiger partial charge in [0.1, 0.15) is 25.7 Å². The number of anilines is 1. The van der Waals surface area contributed by atoms with E-state index in [1.165, 1.54) is 12.4 Å². The second kappa shape index (κ2) is 9.64. The largest absolute Gasteiger partial charge is 0.487 e. The maximum Gasteiger partial charge on any atom is 0.411 e. The number of benzene rings is 2. The quantitative estimate of drug-likeness (QED) is 0.542. The molecule has 2 aromatic carbocycles. The molecule has 1 aromatic heterocycles. The molecule has 0 saturated heterocycles. The van der Waals surface area contributed by atoms with Gasteiger partial charge in [-0.2, -0.15) is 18.3 Å². The van der Waals surface area contributed by atoms with Gasteiger partial charge >= 0.3 is 6.18 Å². The van der Waals surface area contributed by atoms with Crippen LogP contribution in [0.1, 0.15) is 15.9 Å². The van der Waals surface area contributed by atoms with Crippen LogP contribution in [0.5, 0.6) is 5.75 Å². The number of alkyl halides is 3. The number of amides is 1. The fraction of sp³-hybridized carbons (Fsp3) is 0.200. The number of carbonyl (C=O) groups excluding carboxylic acids is 1. The van der Waals surface area contributed by atoms with E-state index in [1.54, 1.807) is 42.5 Å². The molecule has 0 unspecified atom stereocenters. The highest BCUT2D eigenvalue weighted by atomic mass is 35.5. The van der Waals surface area contributed by atoms with Gasteiger partial charge in [0.15, 0.2) is 0 Å². The standard InChI is InChI=1S/C20H17ClF3N3O3/c21-17-6-1-2-7-18(17)30-11-14-4-3-5-15(8-14)19(28)26-16-9-25-27(10-16)13-29-12-20(22,23)24/h1-10H,11-13H2,(H,26,28). The van der Waals surface area contributed by atoms with Crippen molar-refractivity contribution in [2.24, 2.45) is 0 Å². The molecule has 0 spiro atoms. The fourth-order valence-corrected chi connectivity index (χ4v) is 2.67. The number of halogens is 4. The summed E-state index contributed by atoms with van der Waals surface area (Å²) in [5, 5.41) is 6.97. The molecule has 3 rings (SSSR count). The lowest BCUT2D eigenvalue weighted by Gasteiger charge is -2.09. The Hall–Kier alpha value is -3.04. The molecule has 10 heteroatoms. The first-order valence-electron chi connectivity index (χ1n) is 8.75. The van der Waals surface area contributed by atoms with Crippen LogP contribution in [0.25, 0.3) is 0 Å². The monoisotopic (exact) mass is 439 g/mol. The molecule has 158 valence electrons. The molecular formula is C20H17ClF3N3O3. The average Bonchev–Trinajstić information content (AvgIpc) is 3.14. The molecule has 1 heterocycles. The van der Waals surface area contributed by atoms with Gasteiger partial charge in [-0.25, -0.2) is 4.68 Å². The minimum absolute atomic E-state index is 0.222. The predicted octanol–water partition coefficient (Wildman–Crippen LogP) is 4.90. The summed E-state index contributed by atoms with van der Waals surface area (Å²) in [5.41, 5.74) is 1.48. The van der Waals surface area contributed by atoms with Crippen molar-refractivity contribution < 1.29 is 27.4 Å². The number of para-hydroxylation sites is 1. The van der Waals surface area contributed by atoms with Gasteiger partial charge in [0, 0.05) is 5.56 Å². The third-order valence-electron chi connectivity index (χ3n) is 3.80. The van der Waals surface area contributed by atoms with Crippen molar-refractivity contribution in [2.75, 3.05) is 11.9 Å². The Morgan fingerprint density at radius 3 is 2.73 bits per heavy atom. The SMILES string of the molecule is O=C(Nc1cnn(COCC(F)(F)F)c1)c1cccc(COc2ccccc2Cl)c1. The summed E-state index contributed by atoms with van der Waals surface area (Å²) in [6, 6.07) is 13.9. The van der Waals surface area contributed by atoms with Crippen molar-refractivity contribution in [2.45, 2.75) is 19.5 Å². The summed E-state index contributed by atoms with van der Waals surface area (Å²) < 4.78 is 47.6. The van der Waals surface area contributed by atoms with Crippen LogP contribution in [-0.2, 0) is 18.1 Å². The van der Waals surface area contributed by atoms with Crippen molar-refractivity contribution in [3.8, 4) is 5.75 Å². The second-order valence-corrected chi connectivity index (χ2v) is 6.64. The van der Waals surface area contributed by atoms with Crippen LogP contribution < -0.4 is 10.1 Å². The van der Waals surface area contributed by atoms with Crippen LogP contribution in [0.4, 0.5) is 18.9 Å². The smallest absolute Gasteiger partial charge is 0.411 e. The molecule has 0 aliphatic heterocycles. The topological polar surface area (TPSA) is 65.4 Å². The minimum Gasteiger partial charge on any atom is -0.487 e. The highest BCUT2D eigenvalue weighted by Gasteiger charge is 2.27. The van der Waals surface area contributed by atoms with E-state index in [0.717, 1.165) is 10.2 Å². The zero-order valence-electron chi connectivity index (χ0n) is 15.5. The van der Waals surface area contributed by atoms with Gasteiger partial charge in [-0.1, -0.05) is 35.9 Å². The van der Waals surface area contributed by atoms with Crippen molar-refractivity contribution in [1.29, 1.82) is 0 Å². The van der Waals surface area contributed by atoms with Crippen LogP contribution in [0, 0.1) is 0 Å². The van der Waals surface area contributed by atoms with E-state index in [1.807, 2.05) is 6.07 Å². The van der Waals surface area contributed by atoms with Gasteiger partial charge in [0.2, 0.25) is 0 Å². The molecule has 0 bridgehead atoms.